The van der Waals surface area contributed by atoms with Gasteiger partial charge in [-0.05, 0) is 87.7 Å². The van der Waals surface area contributed by atoms with Crippen LogP contribution in [-0.2, 0) is 27.2 Å². The molecule has 9 heteroatoms. The largest absolute Gasteiger partial charge is 0.455 e. The Hall–Kier alpha value is -2.75. The third kappa shape index (κ3) is 9.20. The lowest BCUT2D eigenvalue weighted by Gasteiger charge is -2.42. The lowest BCUT2D eigenvalue weighted by atomic mass is 9.99. The third-order valence-electron chi connectivity index (χ3n) is 9.65. The molecule has 1 N–H and O–H groups in total. The Kier molecular flexibility index (Phi) is 12.7. The van der Waals surface area contributed by atoms with Gasteiger partial charge in [0.25, 0.3) is 6.02 Å². The van der Waals surface area contributed by atoms with Crippen LogP contribution in [0.1, 0.15) is 94.7 Å². The summed E-state index contributed by atoms with van der Waals surface area (Å²) < 4.78 is 6.43. The molecule has 0 radical (unpaired) electrons. The predicted molar refractivity (Wildman–Crippen MR) is 187 cm³/mol. The molecule has 0 unspecified atom stereocenters. The molecule has 3 aliphatic heterocycles. The van der Waals surface area contributed by atoms with Crippen molar-refractivity contribution in [1.82, 2.24) is 20.0 Å². The number of aliphatic imine (C=N–C) groups is 1. The van der Waals surface area contributed by atoms with Gasteiger partial charge in [-0.15, -0.1) is 11.3 Å². The van der Waals surface area contributed by atoms with E-state index in [1.54, 1.807) is 11.3 Å². The number of benzene rings is 1. The summed E-state index contributed by atoms with van der Waals surface area (Å²) in [6.07, 6.45) is 8.78. The van der Waals surface area contributed by atoms with E-state index >= 15 is 0 Å². The maximum absolute atomic E-state index is 14.3. The number of hydrogen-bond acceptors (Lipinski definition) is 8. The highest BCUT2D eigenvalue weighted by atomic mass is 32.1. The standard InChI is InChI=1S/C37H55N5O3S/c1-5-29-24-31(46-26-29)17-18-34(43)33-25-41(37-39-28(4)35(45-37)30-14-8-6-9-15-30)22-23-42(33)36(44)32(38-27(2)3)16-10-13-21-40-19-11-7-12-20-40/h6,8-9,14-15,24,26-28,32-33,35,38H,5,7,10-13,16-23,25H2,1-4H3/t28-,32+,33-,35+/m0/s1. The molecule has 4 atom stereocenters. The number of carbonyl (C=O) groups is 2. The van der Waals surface area contributed by atoms with E-state index in [2.05, 4.69) is 66.4 Å². The number of ether oxygens (including phenoxy) is 1. The van der Waals surface area contributed by atoms with Crippen LogP contribution in [0.25, 0.3) is 0 Å². The number of unbranched alkanes of at least 4 members (excludes halogenated alkanes) is 1. The average molecular weight is 650 g/mol. The number of nitrogens with zero attached hydrogens (tertiary/aromatic N) is 4. The molecule has 1 amide bonds. The van der Waals surface area contributed by atoms with Crippen molar-refractivity contribution in [3.63, 3.8) is 0 Å². The number of amidine groups is 1. The molecule has 1 aromatic heterocycles. The number of rotatable bonds is 14. The number of nitrogens with one attached hydrogen (secondary N) is 1. The minimum atomic E-state index is -0.533. The number of piperidine rings is 1. The summed E-state index contributed by atoms with van der Waals surface area (Å²) in [5.74, 6) is 0.169. The van der Waals surface area contributed by atoms with Gasteiger partial charge in [0.05, 0.1) is 12.1 Å². The van der Waals surface area contributed by atoms with Gasteiger partial charge in [0.15, 0.2) is 5.78 Å². The smallest absolute Gasteiger partial charge is 0.288 e. The van der Waals surface area contributed by atoms with Gasteiger partial charge in [-0.25, -0.2) is 4.99 Å². The molecule has 0 aliphatic carbocycles. The first-order valence-corrected chi connectivity index (χ1v) is 18.6. The normalized spacial score (nSPS) is 23.0. The molecular weight excluding hydrogens is 595 g/mol. The molecule has 2 aromatic rings. The van der Waals surface area contributed by atoms with Gasteiger partial charge in [0.1, 0.15) is 12.1 Å². The van der Waals surface area contributed by atoms with Crippen molar-refractivity contribution in [2.45, 2.75) is 116 Å². The lowest BCUT2D eigenvalue weighted by molar-refractivity contribution is -0.144. The summed E-state index contributed by atoms with van der Waals surface area (Å²) in [6.45, 7) is 13.4. The number of Topliss-reactive ketones (excluding diaryl/α,β-unsaturated/α-hetero) is 1. The number of thiophene rings is 1. The van der Waals surface area contributed by atoms with E-state index in [0.717, 1.165) is 37.8 Å². The molecule has 8 nitrogen and oxygen atoms in total. The van der Waals surface area contributed by atoms with Crippen LogP contribution in [0, 0.1) is 0 Å². The van der Waals surface area contributed by atoms with Crippen molar-refractivity contribution in [1.29, 1.82) is 0 Å². The number of aryl methyl sites for hydroxylation is 2. The summed E-state index contributed by atoms with van der Waals surface area (Å²) in [6, 6.07) is 12.3. The summed E-state index contributed by atoms with van der Waals surface area (Å²) in [7, 11) is 0. The number of hydrogen-bond donors (Lipinski definition) is 1. The molecule has 5 rings (SSSR count). The van der Waals surface area contributed by atoms with Crippen molar-refractivity contribution >= 4 is 29.0 Å². The fraction of sp³-hybridized carbons (Fsp3) is 0.649. The zero-order valence-corrected chi connectivity index (χ0v) is 29.3. The quantitative estimate of drug-likeness (QED) is 0.258. The topological polar surface area (TPSA) is 77.5 Å². The first-order valence-electron chi connectivity index (χ1n) is 17.7. The van der Waals surface area contributed by atoms with Gasteiger partial charge in [-0.1, -0.05) is 63.9 Å². The van der Waals surface area contributed by atoms with Crippen LogP contribution in [0.3, 0.4) is 0 Å². The summed E-state index contributed by atoms with van der Waals surface area (Å²) in [4.78, 5) is 41.0. The molecule has 252 valence electrons. The van der Waals surface area contributed by atoms with E-state index < -0.39 is 6.04 Å². The molecule has 0 bridgehead atoms. The van der Waals surface area contributed by atoms with Crippen LogP contribution in [0.4, 0.5) is 0 Å². The van der Waals surface area contributed by atoms with Gasteiger partial charge >= 0.3 is 0 Å². The SMILES string of the molecule is CCc1csc(CCC(=O)[C@@H]2CN(C3=N[C@@H](C)[C@H](c4ccccc4)O3)CCN2C(=O)[C@@H](CCCCN2CCCCC2)NC(C)C)c1. The molecule has 1 aromatic carbocycles. The van der Waals surface area contributed by atoms with Crippen LogP contribution < -0.4 is 5.32 Å². The molecule has 4 heterocycles. The first-order chi connectivity index (χ1) is 22.3. The van der Waals surface area contributed by atoms with E-state index in [0.29, 0.717) is 38.5 Å². The Morgan fingerprint density at radius 1 is 1.07 bits per heavy atom. The minimum Gasteiger partial charge on any atom is -0.455 e. The van der Waals surface area contributed by atoms with Crippen molar-refractivity contribution in [2.24, 2.45) is 4.99 Å². The average Bonchev–Trinajstić information content (AvgIpc) is 3.71. The lowest BCUT2D eigenvalue weighted by Crippen LogP contribution is -2.62. The summed E-state index contributed by atoms with van der Waals surface area (Å²) >= 11 is 1.73. The minimum absolute atomic E-state index is 0.0256. The monoisotopic (exact) mass is 649 g/mol. The van der Waals surface area contributed by atoms with E-state index in [1.807, 2.05) is 23.1 Å². The molecule has 0 saturated carbocycles. The van der Waals surface area contributed by atoms with Crippen molar-refractivity contribution < 1.29 is 14.3 Å². The maximum Gasteiger partial charge on any atom is 0.288 e. The Morgan fingerprint density at radius 3 is 2.57 bits per heavy atom. The van der Waals surface area contributed by atoms with Crippen molar-refractivity contribution in [3.05, 3.63) is 57.8 Å². The number of likely N-dealkylation sites (tertiary alicyclic amines) is 1. The van der Waals surface area contributed by atoms with Crippen LogP contribution in [0.15, 0.2) is 46.8 Å². The number of amides is 1. The van der Waals surface area contributed by atoms with E-state index in [4.69, 9.17) is 9.73 Å². The van der Waals surface area contributed by atoms with Crippen LogP contribution in [-0.4, -0.2) is 95.8 Å². The fourth-order valence-corrected chi connectivity index (χ4v) is 8.01. The zero-order chi connectivity index (χ0) is 32.5. The number of ketones is 1. The Bertz CT molecular complexity index is 1290. The molecule has 2 saturated heterocycles. The van der Waals surface area contributed by atoms with E-state index in [1.165, 1.54) is 42.8 Å². The highest BCUT2D eigenvalue weighted by molar-refractivity contribution is 7.10. The van der Waals surface area contributed by atoms with Crippen molar-refractivity contribution in [2.75, 3.05) is 39.3 Å². The molecule has 3 aliphatic rings. The zero-order valence-electron chi connectivity index (χ0n) is 28.5. The Morgan fingerprint density at radius 2 is 1.85 bits per heavy atom. The third-order valence-corrected chi connectivity index (χ3v) is 10.7. The van der Waals surface area contributed by atoms with Gasteiger partial charge < -0.3 is 24.8 Å². The Balaban J connectivity index is 1.27. The molecular formula is C37H55N5O3S. The van der Waals surface area contributed by atoms with Crippen LogP contribution >= 0.6 is 11.3 Å². The van der Waals surface area contributed by atoms with E-state index in [-0.39, 0.29) is 35.9 Å². The molecule has 46 heavy (non-hydrogen) atoms. The van der Waals surface area contributed by atoms with Gasteiger partial charge in [-0.2, -0.15) is 0 Å². The second-order valence-electron chi connectivity index (χ2n) is 13.6. The van der Waals surface area contributed by atoms with Gasteiger partial charge in [0, 0.05) is 37.0 Å². The van der Waals surface area contributed by atoms with E-state index in [9.17, 15) is 9.59 Å². The van der Waals surface area contributed by atoms with Crippen LogP contribution in [0.5, 0.6) is 0 Å². The van der Waals surface area contributed by atoms with Gasteiger partial charge in [0.2, 0.25) is 5.91 Å². The molecule has 0 spiro atoms. The maximum atomic E-state index is 14.3. The highest BCUT2D eigenvalue weighted by Crippen LogP contribution is 2.31. The number of piperazine rings is 1. The fourth-order valence-electron chi connectivity index (χ4n) is 7.03. The molecule has 2 fully saturated rings. The van der Waals surface area contributed by atoms with Crippen LogP contribution in [0.2, 0.25) is 0 Å². The number of carbonyl (C=O) groups excluding carboxylic acids is 2. The van der Waals surface area contributed by atoms with Gasteiger partial charge in [-0.3, -0.25) is 9.59 Å². The Labute approximate surface area is 280 Å². The first kappa shape index (κ1) is 34.6. The second-order valence-corrected chi connectivity index (χ2v) is 14.6. The second kappa shape index (κ2) is 16.9. The summed E-state index contributed by atoms with van der Waals surface area (Å²) in [5, 5.41) is 5.75. The van der Waals surface area contributed by atoms with Crippen molar-refractivity contribution in [3.8, 4) is 0 Å². The summed E-state index contributed by atoms with van der Waals surface area (Å²) in [5.41, 5.74) is 2.41. The predicted octanol–water partition coefficient (Wildman–Crippen LogP) is 5.86. The highest BCUT2D eigenvalue weighted by Gasteiger charge is 2.41.